The maximum Gasteiger partial charge on any atom is 0.259 e. The Bertz CT molecular complexity index is 1040. The zero-order chi connectivity index (χ0) is 21.1. The number of aryl methyl sites for hydroxylation is 1. The SMILES string of the molecule is CCn1c(C)cc(O)c([C@H](c2ccccc2)N2CCN(c3ccccc3)CC2)c1=O. The molecule has 0 radical (unpaired) electrons. The highest BCUT2D eigenvalue weighted by Gasteiger charge is 2.31. The van der Waals surface area contributed by atoms with Gasteiger partial charge < -0.3 is 14.6 Å². The number of hydrogen-bond donors (Lipinski definition) is 1. The van der Waals surface area contributed by atoms with Crippen molar-refractivity contribution in [3.8, 4) is 5.75 Å². The van der Waals surface area contributed by atoms with Crippen LogP contribution in [0.1, 0.15) is 29.8 Å². The summed E-state index contributed by atoms with van der Waals surface area (Å²) in [7, 11) is 0. The molecular formula is C25H29N3O2. The minimum atomic E-state index is -0.268. The van der Waals surface area contributed by atoms with Crippen molar-refractivity contribution < 1.29 is 5.11 Å². The molecular weight excluding hydrogens is 374 g/mol. The van der Waals surface area contributed by atoms with Gasteiger partial charge in [-0.1, -0.05) is 48.5 Å². The third-order valence-corrected chi connectivity index (χ3v) is 6.03. The second-order valence-electron chi connectivity index (χ2n) is 7.81. The lowest BCUT2D eigenvalue weighted by atomic mass is 9.96. The quantitative estimate of drug-likeness (QED) is 0.704. The number of nitrogens with zero attached hydrogens (tertiary/aromatic N) is 3. The summed E-state index contributed by atoms with van der Waals surface area (Å²) >= 11 is 0. The molecule has 1 fully saturated rings. The van der Waals surface area contributed by atoms with Crippen LogP contribution in [0.2, 0.25) is 0 Å². The summed E-state index contributed by atoms with van der Waals surface area (Å²) in [6.45, 7) is 7.79. The fourth-order valence-corrected chi connectivity index (χ4v) is 4.49. The predicted molar refractivity (Wildman–Crippen MR) is 121 cm³/mol. The highest BCUT2D eigenvalue weighted by molar-refractivity contribution is 5.47. The molecule has 1 atom stereocenters. The van der Waals surface area contributed by atoms with Gasteiger partial charge in [-0.05, 0) is 37.6 Å². The van der Waals surface area contributed by atoms with Gasteiger partial charge in [-0.15, -0.1) is 0 Å². The van der Waals surface area contributed by atoms with E-state index in [-0.39, 0.29) is 17.4 Å². The number of hydrogen-bond acceptors (Lipinski definition) is 4. The van der Waals surface area contributed by atoms with Crippen molar-refractivity contribution >= 4 is 5.69 Å². The molecule has 1 aliphatic heterocycles. The van der Waals surface area contributed by atoms with Crippen molar-refractivity contribution in [1.29, 1.82) is 0 Å². The number of anilines is 1. The van der Waals surface area contributed by atoms with Crippen LogP contribution >= 0.6 is 0 Å². The molecule has 0 aliphatic carbocycles. The van der Waals surface area contributed by atoms with E-state index in [1.54, 1.807) is 10.6 Å². The standard InChI is InChI=1S/C25H29N3O2/c1-3-28-19(2)18-22(29)23(25(28)30)24(20-10-6-4-7-11-20)27-16-14-26(15-17-27)21-12-8-5-9-13-21/h4-13,18,24,29H,3,14-17H2,1-2H3/t24-/m0/s1. The number of piperazine rings is 1. The largest absolute Gasteiger partial charge is 0.507 e. The fourth-order valence-electron chi connectivity index (χ4n) is 4.49. The third kappa shape index (κ3) is 3.85. The van der Waals surface area contributed by atoms with E-state index >= 15 is 0 Å². The summed E-state index contributed by atoms with van der Waals surface area (Å²) in [6.07, 6.45) is 0. The van der Waals surface area contributed by atoms with Crippen LogP contribution in [0.3, 0.4) is 0 Å². The van der Waals surface area contributed by atoms with Gasteiger partial charge in [0.05, 0.1) is 11.6 Å². The summed E-state index contributed by atoms with van der Waals surface area (Å²) < 4.78 is 1.74. The summed E-state index contributed by atoms with van der Waals surface area (Å²) in [5, 5.41) is 10.8. The second-order valence-corrected chi connectivity index (χ2v) is 7.81. The molecule has 30 heavy (non-hydrogen) atoms. The number of aromatic nitrogens is 1. The Morgan fingerprint density at radius 3 is 2.13 bits per heavy atom. The molecule has 156 valence electrons. The first kappa shape index (κ1) is 20.2. The Balaban J connectivity index is 1.71. The summed E-state index contributed by atoms with van der Waals surface area (Å²) in [5.74, 6) is 0.0848. The predicted octanol–water partition coefficient (Wildman–Crippen LogP) is 3.79. The minimum absolute atomic E-state index is 0.0848. The van der Waals surface area contributed by atoms with Gasteiger partial charge in [-0.2, -0.15) is 0 Å². The average molecular weight is 404 g/mol. The summed E-state index contributed by atoms with van der Waals surface area (Å²) in [6, 6.07) is 21.9. The van der Waals surface area contributed by atoms with Crippen molar-refractivity contribution in [3.63, 3.8) is 0 Å². The molecule has 2 aromatic carbocycles. The molecule has 1 N–H and O–H groups in total. The lowest BCUT2D eigenvalue weighted by molar-refractivity contribution is 0.207. The average Bonchev–Trinajstić information content (AvgIpc) is 2.78. The zero-order valence-electron chi connectivity index (χ0n) is 17.7. The van der Waals surface area contributed by atoms with Crippen molar-refractivity contribution in [2.75, 3.05) is 31.1 Å². The number of aromatic hydroxyl groups is 1. The van der Waals surface area contributed by atoms with Crippen LogP contribution in [0.25, 0.3) is 0 Å². The molecule has 0 spiro atoms. The van der Waals surface area contributed by atoms with Gasteiger partial charge in [0, 0.05) is 44.1 Å². The van der Waals surface area contributed by atoms with Crippen LogP contribution in [-0.4, -0.2) is 40.8 Å². The molecule has 4 rings (SSSR count). The van der Waals surface area contributed by atoms with Gasteiger partial charge in [0.15, 0.2) is 0 Å². The molecule has 0 saturated carbocycles. The number of para-hydroxylation sites is 1. The van der Waals surface area contributed by atoms with E-state index in [1.165, 1.54) is 5.69 Å². The van der Waals surface area contributed by atoms with Gasteiger partial charge in [0.1, 0.15) is 5.75 Å². The minimum Gasteiger partial charge on any atom is -0.507 e. The second kappa shape index (κ2) is 8.76. The highest BCUT2D eigenvalue weighted by Crippen LogP contribution is 2.33. The summed E-state index contributed by atoms with van der Waals surface area (Å²) in [4.78, 5) is 18.0. The molecule has 0 bridgehead atoms. The zero-order valence-corrected chi connectivity index (χ0v) is 17.7. The Morgan fingerprint density at radius 1 is 0.933 bits per heavy atom. The molecule has 5 heteroatoms. The highest BCUT2D eigenvalue weighted by atomic mass is 16.3. The monoisotopic (exact) mass is 403 g/mol. The van der Waals surface area contributed by atoms with E-state index in [9.17, 15) is 9.90 Å². The molecule has 1 saturated heterocycles. The Kier molecular flexibility index (Phi) is 5.91. The van der Waals surface area contributed by atoms with E-state index in [4.69, 9.17) is 0 Å². The van der Waals surface area contributed by atoms with Crippen LogP contribution in [0.15, 0.2) is 71.5 Å². The topological polar surface area (TPSA) is 48.7 Å². The van der Waals surface area contributed by atoms with Gasteiger partial charge in [0.25, 0.3) is 5.56 Å². The molecule has 1 aromatic heterocycles. The van der Waals surface area contributed by atoms with Crippen molar-refractivity contribution in [2.24, 2.45) is 0 Å². The van der Waals surface area contributed by atoms with E-state index < -0.39 is 0 Å². The van der Waals surface area contributed by atoms with E-state index in [0.29, 0.717) is 12.1 Å². The third-order valence-electron chi connectivity index (χ3n) is 6.03. The first-order chi connectivity index (χ1) is 14.6. The Hall–Kier alpha value is -3.05. The lowest BCUT2D eigenvalue weighted by Gasteiger charge is -2.40. The van der Waals surface area contributed by atoms with E-state index in [1.807, 2.05) is 50.2 Å². The van der Waals surface area contributed by atoms with Gasteiger partial charge in [0.2, 0.25) is 0 Å². The molecule has 3 aromatic rings. The van der Waals surface area contributed by atoms with Crippen LogP contribution < -0.4 is 10.5 Å². The van der Waals surface area contributed by atoms with Gasteiger partial charge >= 0.3 is 0 Å². The van der Waals surface area contributed by atoms with Crippen LogP contribution in [0, 0.1) is 6.92 Å². The maximum atomic E-state index is 13.4. The smallest absolute Gasteiger partial charge is 0.259 e. The maximum absolute atomic E-state index is 13.4. The lowest BCUT2D eigenvalue weighted by Crippen LogP contribution is -2.49. The van der Waals surface area contributed by atoms with Crippen molar-refractivity contribution in [3.05, 3.63) is 93.9 Å². The number of rotatable bonds is 5. The number of benzene rings is 2. The Morgan fingerprint density at radius 2 is 1.53 bits per heavy atom. The molecule has 0 amide bonds. The van der Waals surface area contributed by atoms with E-state index in [2.05, 4.69) is 34.1 Å². The van der Waals surface area contributed by atoms with Crippen molar-refractivity contribution in [2.45, 2.75) is 26.4 Å². The molecule has 1 aliphatic rings. The van der Waals surface area contributed by atoms with Crippen LogP contribution in [0.5, 0.6) is 5.75 Å². The normalized spacial score (nSPS) is 15.9. The fraction of sp³-hybridized carbons (Fsp3) is 0.320. The molecule has 2 heterocycles. The van der Waals surface area contributed by atoms with Gasteiger partial charge in [-0.3, -0.25) is 9.69 Å². The first-order valence-electron chi connectivity index (χ1n) is 10.6. The molecule has 5 nitrogen and oxygen atoms in total. The van der Waals surface area contributed by atoms with Gasteiger partial charge in [-0.25, -0.2) is 0 Å². The number of pyridine rings is 1. The molecule has 0 unspecified atom stereocenters. The van der Waals surface area contributed by atoms with Crippen LogP contribution in [0.4, 0.5) is 5.69 Å². The first-order valence-corrected chi connectivity index (χ1v) is 10.6. The Labute approximate surface area is 177 Å². The van der Waals surface area contributed by atoms with E-state index in [0.717, 1.165) is 37.4 Å². The van der Waals surface area contributed by atoms with Crippen molar-refractivity contribution in [1.82, 2.24) is 9.47 Å². The summed E-state index contributed by atoms with van der Waals surface area (Å²) in [5.41, 5.74) is 3.41. The van der Waals surface area contributed by atoms with Crippen LogP contribution in [-0.2, 0) is 6.54 Å².